The molecular weight excluding hydrogens is 252 g/mol. The smallest absolute Gasteiger partial charge is 0.326 e. The van der Waals surface area contributed by atoms with Crippen molar-refractivity contribution in [2.75, 3.05) is 25.1 Å². The maximum atomic E-state index is 10.9. The fraction of sp³-hybridized carbons (Fsp3) is 0.667. The van der Waals surface area contributed by atoms with Gasteiger partial charge in [0.1, 0.15) is 5.00 Å². The maximum absolute atomic E-state index is 10.9. The van der Waals surface area contributed by atoms with Crippen LogP contribution in [0.25, 0.3) is 0 Å². The van der Waals surface area contributed by atoms with E-state index in [0.717, 1.165) is 36.5 Å². The standard InChI is InChI=1S/C12H18N2O3S/c1-9(17-2)10-8-11(14(15)16)18-12(10)13-6-4-3-5-7-13/h8-9H,3-7H2,1-2H3. The number of hydrogen-bond acceptors (Lipinski definition) is 5. The molecule has 0 bridgehead atoms. The van der Waals surface area contributed by atoms with Crippen LogP contribution in [-0.4, -0.2) is 25.1 Å². The van der Waals surface area contributed by atoms with Gasteiger partial charge in [-0.25, -0.2) is 0 Å². The average molecular weight is 270 g/mol. The van der Waals surface area contributed by atoms with Gasteiger partial charge >= 0.3 is 5.00 Å². The van der Waals surface area contributed by atoms with Gasteiger partial charge in [-0.2, -0.15) is 0 Å². The number of ether oxygens (including phenoxy) is 1. The van der Waals surface area contributed by atoms with Gasteiger partial charge in [0.15, 0.2) is 0 Å². The van der Waals surface area contributed by atoms with E-state index in [9.17, 15) is 10.1 Å². The maximum Gasteiger partial charge on any atom is 0.326 e. The first kappa shape index (κ1) is 13.3. The van der Waals surface area contributed by atoms with E-state index in [1.807, 2.05) is 6.92 Å². The molecule has 0 spiro atoms. The van der Waals surface area contributed by atoms with Crippen LogP contribution in [0.1, 0.15) is 37.9 Å². The van der Waals surface area contributed by atoms with E-state index < -0.39 is 0 Å². The first-order valence-corrected chi connectivity index (χ1v) is 7.01. The summed E-state index contributed by atoms with van der Waals surface area (Å²) in [5.41, 5.74) is 0.941. The molecule has 100 valence electrons. The minimum Gasteiger partial charge on any atom is -0.377 e. The molecule has 0 aliphatic carbocycles. The van der Waals surface area contributed by atoms with Gasteiger partial charge in [-0.15, -0.1) is 0 Å². The highest BCUT2D eigenvalue weighted by atomic mass is 32.1. The summed E-state index contributed by atoms with van der Waals surface area (Å²) < 4.78 is 5.32. The van der Waals surface area contributed by atoms with Gasteiger partial charge in [0.25, 0.3) is 0 Å². The third-order valence-electron chi connectivity index (χ3n) is 3.34. The Bertz CT molecular complexity index is 427. The fourth-order valence-corrected chi connectivity index (χ4v) is 3.35. The predicted molar refractivity (Wildman–Crippen MR) is 72.5 cm³/mol. The lowest BCUT2D eigenvalue weighted by atomic mass is 10.1. The van der Waals surface area contributed by atoms with Crippen LogP contribution < -0.4 is 4.90 Å². The van der Waals surface area contributed by atoms with E-state index in [0.29, 0.717) is 0 Å². The van der Waals surface area contributed by atoms with Crippen LogP contribution in [0.3, 0.4) is 0 Å². The summed E-state index contributed by atoms with van der Waals surface area (Å²) in [6.07, 6.45) is 3.46. The van der Waals surface area contributed by atoms with Crippen molar-refractivity contribution < 1.29 is 9.66 Å². The molecule has 5 nitrogen and oxygen atoms in total. The lowest BCUT2D eigenvalue weighted by Crippen LogP contribution is -2.29. The van der Waals surface area contributed by atoms with E-state index >= 15 is 0 Å². The fourth-order valence-electron chi connectivity index (χ4n) is 2.23. The third-order valence-corrected chi connectivity index (χ3v) is 4.51. The number of piperidine rings is 1. The molecule has 0 aromatic carbocycles. The second-order valence-electron chi connectivity index (χ2n) is 4.53. The molecule has 18 heavy (non-hydrogen) atoms. The summed E-state index contributed by atoms with van der Waals surface area (Å²) in [6, 6.07) is 1.66. The molecule has 2 rings (SSSR count). The predicted octanol–water partition coefficient (Wildman–Crippen LogP) is 3.35. The normalized spacial score (nSPS) is 17.8. The minimum atomic E-state index is -0.315. The van der Waals surface area contributed by atoms with Crippen molar-refractivity contribution in [2.45, 2.75) is 32.3 Å². The molecule has 1 fully saturated rings. The second kappa shape index (κ2) is 5.67. The number of nitrogens with zero attached hydrogens (tertiary/aromatic N) is 2. The quantitative estimate of drug-likeness (QED) is 0.622. The van der Waals surface area contributed by atoms with Crippen molar-refractivity contribution in [1.29, 1.82) is 0 Å². The Balaban J connectivity index is 2.33. The van der Waals surface area contributed by atoms with Crippen LogP contribution in [0, 0.1) is 10.1 Å². The van der Waals surface area contributed by atoms with Crippen molar-refractivity contribution in [3.8, 4) is 0 Å². The molecular formula is C12H18N2O3S. The first-order valence-electron chi connectivity index (χ1n) is 6.19. The minimum absolute atomic E-state index is 0.105. The molecule has 2 heterocycles. The average Bonchev–Trinajstić information content (AvgIpc) is 2.84. The van der Waals surface area contributed by atoms with Gasteiger partial charge in [-0.1, -0.05) is 0 Å². The van der Waals surface area contributed by atoms with E-state index in [2.05, 4.69) is 4.90 Å². The third kappa shape index (κ3) is 2.64. The van der Waals surface area contributed by atoms with E-state index in [1.165, 1.54) is 17.8 Å². The largest absolute Gasteiger partial charge is 0.377 e. The molecule has 0 amide bonds. The van der Waals surface area contributed by atoms with E-state index in [-0.39, 0.29) is 16.0 Å². The molecule has 1 unspecified atom stereocenters. The van der Waals surface area contributed by atoms with E-state index in [4.69, 9.17) is 4.74 Å². The SMILES string of the molecule is COC(C)c1cc([N+](=O)[O-])sc1N1CCCCC1. The van der Waals surface area contributed by atoms with Crippen molar-refractivity contribution in [2.24, 2.45) is 0 Å². The lowest BCUT2D eigenvalue weighted by Gasteiger charge is -2.29. The van der Waals surface area contributed by atoms with Crippen LogP contribution in [0.4, 0.5) is 10.0 Å². The van der Waals surface area contributed by atoms with Crippen molar-refractivity contribution in [3.63, 3.8) is 0 Å². The summed E-state index contributed by atoms with van der Waals surface area (Å²) in [5.74, 6) is 0. The Labute approximate surface area is 111 Å². The Morgan fingerprint density at radius 1 is 1.44 bits per heavy atom. The highest BCUT2D eigenvalue weighted by Gasteiger charge is 2.25. The summed E-state index contributed by atoms with van der Waals surface area (Å²) in [6.45, 7) is 3.90. The van der Waals surface area contributed by atoms with Gasteiger partial charge in [0, 0.05) is 31.8 Å². The second-order valence-corrected chi connectivity index (χ2v) is 5.54. The Hall–Kier alpha value is -1.14. The topological polar surface area (TPSA) is 55.6 Å². The molecule has 1 atom stereocenters. The number of nitro groups is 1. The molecule has 1 aliphatic heterocycles. The summed E-state index contributed by atoms with van der Waals surface area (Å²) in [4.78, 5) is 12.9. The molecule has 1 aromatic rings. The number of hydrogen-bond donors (Lipinski definition) is 0. The van der Waals surface area contributed by atoms with Gasteiger partial charge < -0.3 is 9.64 Å². The zero-order valence-corrected chi connectivity index (χ0v) is 11.5. The monoisotopic (exact) mass is 270 g/mol. The van der Waals surface area contributed by atoms with E-state index in [1.54, 1.807) is 13.2 Å². The van der Waals surface area contributed by atoms with Crippen molar-refractivity contribution in [3.05, 3.63) is 21.7 Å². The molecule has 1 saturated heterocycles. The number of anilines is 1. The summed E-state index contributed by atoms with van der Waals surface area (Å²) in [7, 11) is 1.63. The van der Waals surface area contributed by atoms with Crippen LogP contribution in [0.5, 0.6) is 0 Å². The van der Waals surface area contributed by atoms with Gasteiger partial charge in [-0.05, 0) is 37.5 Å². The molecule has 1 aromatic heterocycles. The molecule has 0 N–H and O–H groups in total. The Morgan fingerprint density at radius 2 is 2.11 bits per heavy atom. The van der Waals surface area contributed by atoms with Gasteiger partial charge in [0.2, 0.25) is 0 Å². The molecule has 6 heteroatoms. The highest BCUT2D eigenvalue weighted by Crippen LogP contribution is 2.41. The zero-order chi connectivity index (χ0) is 13.1. The Morgan fingerprint density at radius 3 is 2.67 bits per heavy atom. The van der Waals surface area contributed by atoms with Crippen LogP contribution in [-0.2, 0) is 4.74 Å². The van der Waals surface area contributed by atoms with Gasteiger partial charge in [0.05, 0.1) is 11.0 Å². The van der Waals surface area contributed by atoms with Gasteiger partial charge in [-0.3, -0.25) is 10.1 Å². The number of rotatable bonds is 4. The van der Waals surface area contributed by atoms with Crippen LogP contribution >= 0.6 is 11.3 Å². The number of thiophene rings is 1. The summed E-state index contributed by atoms with van der Waals surface area (Å²) >= 11 is 1.26. The Kier molecular flexibility index (Phi) is 4.19. The number of methoxy groups -OCH3 is 1. The molecule has 0 saturated carbocycles. The highest BCUT2D eigenvalue weighted by molar-refractivity contribution is 7.19. The van der Waals surface area contributed by atoms with Crippen LogP contribution in [0.15, 0.2) is 6.07 Å². The summed E-state index contributed by atoms with van der Waals surface area (Å²) in [5, 5.41) is 12.1. The van der Waals surface area contributed by atoms with Crippen molar-refractivity contribution >= 4 is 21.3 Å². The zero-order valence-electron chi connectivity index (χ0n) is 10.7. The molecule has 0 radical (unpaired) electrons. The van der Waals surface area contributed by atoms with Crippen molar-refractivity contribution in [1.82, 2.24) is 0 Å². The first-order chi connectivity index (χ1) is 8.63. The van der Waals surface area contributed by atoms with Crippen LogP contribution in [0.2, 0.25) is 0 Å². The molecule has 1 aliphatic rings. The lowest BCUT2D eigenvalue weighted by molar-refractivity contribution is -0.380.